The molecule has 1 aliphatic rings. The number of aryl methyl sites for hydroxylation is 1. The van der Waals surface area contributed by atoms with E-state index in [1.54, 1.807) is 0 Å². The Kier molecular flexibility index (Phi) is 4.87. The van der Waals surface area contributed by atoms with Crippen LogP contribution >= 0.6 is 23.9 Å². The highest BCUT2D eigenvalue weighted by molar-refractivity contribution is 7.03. The second kappa shape index (κ2) is 6.42. The Balaban J connectivity index is 0.00000133. The van der Waals surface area contributed by atoms with Gasteiger partial charge in [-0.3, -0.25) is 4.90 Å². The second-order valence-corrected chi connectivity index (χ2v) is 5.09. The van der Waals surface area contributed by atoms with Gasteiger partial charge in [0.2, 0.25) is 0 Å². The summed E-state index contributed by atoms with van der Waals surface area (Å²) in [6, 6.07) is 0.306. The lowest BCUT2D eigenvalue weighted by molar-refractivity contribution is 0.143. The smallest absolute Gasteiger partial charge is 0.127 e. The summed E-state index contributed by atoms with van der Waals surface area (Å²) in [4.78, 5) is 6.88. The van der Waals surface area contributed by atoms with Gasteiger partial charge < -0.3 is 9.88 Å². The standard InChI is InChI=1S/C11H16N6S.ClH/c1-16-4-3-13-11(16)10-6-12-2-5-17(10)7-9-8-18-15-14-9;/h3-4,8,10,12H,2,5-7H2,1H3;1H. The first-order valence-corrected chi connectivity index (χ1v) is 6.86. The molecule has 6 nitrogen and oxygen atoms in total. The summed E-state index contributed by atoms with van der Waals surface area (Å²) in [5.41, 5.74) is 1.04. The summed E-state index contributed by atoms with van der Waals surface area (Å²) in [5, 5.41) is 9.57. The summed E-state index contributed by atoms with van der Waals surface area (Å²) in [6.45, 7) is 3.80. The van der Waals surface area contributed by atoms with E-state index in [2.05, 4.69) is 29.4 Å². The molecule has 3 heterocycles. The first kappa shape index (κ1) is 14.4. The first-order chi connectivity index (χ1) is 8.84. The molecule has 0 aromatic carbocycles. The molecule has 0 bridgehead atoms. The number of nitrogens with one attached hydrogen (secondary N) is 1. The van der Waals surface area contributed by atoms with Gasteiger partial charge in [-0.05, 0) is 11.5 Å². The van der Waals surface area contributed by atoms with E-state index in [-0.39, 0.29) is 12.4 Å². The molecule has 1 saturated heterocycles. The summed E-state index contributed by atoms with van der Waals surface area (Å²) in [6.07, 6.45) is 3.85. The highest BCUT2D eigenvalue weighted by Crippen LogP contribution is 2.22. The van der Waals surface area contributed by atoms with Crippen LogP contribution in [0, 0.1) is 0 Å². The van der Waals surface area contributed by atoms with Gasteiger partial charge in [0, 0.05) is 51.0 Å². The van der Waals surface area contributed by atoms with Gasteiger partial charge in [0.1, 0.15) is 5.82 Å². The van der Waals surface area contributed by atoms with Crippen molar-refractivity contribution in [2.75, 3.05) is 19.6 Å². The first-order valence-electron chi connectivity index (χ1n) is 6.02. The number of rotatable bonds is 3. The predicted molar refractivity (Wildman–Crippen MR) is 76.4 cm³/mol. The molecule has 2 aromatic rings. The van der Waals surface area contributed by atoms with Crippen LogP contribution in [0.5, 0.6) is 0 Å². The van der Waals surface area contributed by atoms with Crippen molar-refractivity contribution < 1.29 is 0 Å². The SMILES string of the molecule is Cl.Cn1ccnc1C1CNCCN1Cc1csnn1. The lowest BCUT2D eigenvalue weighted by Crippen LogP contribution is -2.46. The minimum atomic E-state index is 0. The minimum absolute atomic E-state index is 0. The average Bonchev–Trinajstić information content (AvgIpc) is 3.02. The van der Waals surface area contributed by atoms with Crippen molar-refractivity contribution in [1.82, 2.24) is 29.4 Å². The number of halogens is 1. The Morgan fingerprint density at radius 2 is 2.42 bits per heavy atom. The monoisotopic (exact) mass is 300 g/mol. The molecule has 104 valence electrons. The minimum Gasteiger partial charge on any atom is -0.337 e. The molecule has 8 heteroatoms. The van der Waals surface area contributed by atoms with Crippen LogP contribution in [-0.2, 0) is 13.6 Å². The molecular formula is C11H17ClN6S. The van der Waals surface area contributed by atoms with Gasteiger partial charge in [0.25, 0.3) is 0 Å². The largest absolute Gasteiger partial charge is 0.337 e. The molecule has 19 heavy (non-hydrogen) atoms. The number of hydrogen-bond acceptors (Lipinski definition) is 6. The second-order valence-electron chi connectivity index (χ2n) is 4.48. The molecule has 1 N–H and O–H groups in total. The topological polar surface area (TPSA) is 58.9 Å². The predicted octanol–water partition coefficient (Wildman–Crippen LogP) is 0.840. The lowest BCUT2D eigenvalue weighted by Gasteiger charge is -2.35. The van der Waals surface area contributed by atoms with Crippen molar-refractivity contribution in [2.24, 2.45) is 7.05 Å². The quantitative estimate of drug-likeness (QED) is 0.910. The Hall–Kier alpha value is -1.02. The van der Waals surface area contributed by atoms with Gasteiger partial charge in [-0.2, -0.15) is 0 Å². The maximum atomic E-state index is 4.47. The number of hydrogen-bond donors (Lipinski definition) is 1. The summed E-state index contributed by atoms with van der Waals surface area (Å²) >= 11 is 1.41. The third kappa shape index (κ3) is 3.11. The zero-order chi connectivity index (χ0) is 12.4. The summed E-state index contributed by atoms with van der Waals surface area (Å²) in [7, 11) is 2.04. The van der Waals surface area contributed by atoms with Gasteiger partial charge in [0.05, 0.1) is 11.7 Å². The van der Waals surface area contributed by atoms with Gasteiger partial charge in [-0.1, -0.05) is 4.49 Å². The van der Waals surface area contributed by atoms with E-state index in [1.807, 2.05) is 24.8 Å². The van der Waals surface area contributed by atoms with Crippen LogP contribution < -0.4 is 5.32 Å². The van der Waals surface area contributed by atoms with Gasteiger partial charge >= 0.3 is 0 Å². The summed E-state index contributed by atoms with van der Waals surface area (Å²) < 4.78 is 6.01. The van der Waals surface area contributed by atoms with Crippen LogP contribution in [0.3, 0.4) is 0 Å². The van der Waals surface area contributed by atoms with Crippen molar-refractivity contribution in [3.05, 3.63) is 29.3 Å². The van der Waals surface area contributed by atoms with Crippen LogP contribution in [0.15, 0.2) is 17.8 Å². The van der Waals surface area contributed by atoms with Crippen molar-refractivity contribution in [2.45, 2.75) is 12.6 Å². The molecule has 0 radical (unpaired) electrons. The average molecular weight is 301 g/mol. The maximum Gasteiger partial charge on any atom is 0.127 e. The van der Waals surface area contributed by atoms with E-state index in [9.17, 15) is 0 Å². The van der Waals surface area contributed by atoms with E-state index in [1.165, 1.54) is 11.5 Å². The Bertz CT molecular complexity index is 499. The van der Waals surface area contributed by atoms with Crippen molar-refractivity contribution in [3.8, 4) is 0 Å². The lowest BCUT2D eigenvalue weighted by atomic mass is 10.1. The van der Waals surface area contributed by atoms with Crippen molar-refractivity contribution >= 4 is 23.9 Å². The van der Waals surface area contributed by atoms with Crippen molar-refractivity contribution in [1.29, 1.82) is 0 Å². The van der Waals surface area contributed by atoms with Crippen LogP contribution in [0.4, 0.5) is 0 Å². The van der Waals surface area contributed by atoms with E-state index in [4.69, 9.17) is 0 Å². The van der Waals surface area contributed by atoms with E-state index in [0.717, 1.165) is 37.7 Å². The van der Waals surface area contributed by atoms with Gasteiger partial charge in [0.15, 0.2) is 0 Å². The molecule has 3 rings (SSSR count). The number of imidazole rings is 1. The Morgan fingerprint density at radius 1 is 1.53 bits per heavy atom. The highest BCUT2D eigenvalue weighted by atomic mass is 35.5. The third-order valence-electron chi connectivity index (χ3n) is 3.28. The molecule has 1 unspecified atom stereocenters. The van der Waals surface area contributed by atoms with Gasteiger partial charge in [-0.25, -0.2) is 4.98 Å². The molecule has 0 aliphatic carbocycles. The molecule has 0 amide bonds. The maximum absolute atomic E-state index is 4.47. The van der Waals surface area contributed by atoms with Crippen LogP contribution in [-0.4, -0.2) is 43.7 Å². The van der Waals surface area contributed by atoms with E-state index >= 15 is 0 Å². The number of nitrogens with zero attached hydrogens (tertiary/aromatic N) is 5. The fourth-order valence-corrected chi connectivity index (χ4v) is 2.79. The molecule has 1 fully saturated rings. The molecular weight excluding hydrogens is 284 g/mol. The zero-order valence-corrected chi connectivity index (χ0v) is 12.3. The molecule has 1 atom stereocenters. The number of piperazine rings is 1. The van der Waals surface area contributed by atoms with E-state index < -0.39 is 0 Å². The van der Waals surface area contributed by atoms with Crippen LogP contribution in [0.25, 0.3) is 0 Å². The van der Waals surface area contributed by atoms with Crippen molar-refractivity contribution in [3.63, 3.8) is 0 Å². The van der Waals surface area contributed by atoms with E-state index in [0.29, 0.717) is 6.04 Å². The fraction of sp³-hybridized carbons (Fsp3) is 0.545. The molecule has 1 aliphatic heterocycles. The normalized spacial score (nSPS) is 20.2. The third-order valence-corrected chi connectivity index (χ3v) is 3.83. The molecule has 0 spiro atoms. The van der Waals surface area contributed by atoms with Crippen LogP contribution in [0.1, 0.15) is 17.6 Å². The zero-order valence-electron chi connectivity index (χ0n) is 10.7. The Labute approximate surface area is 122 Å². The fourth-order valence-electron chi connectivity index (χ4n) is 2.35. The van der Waals surface area contributed by atoms with Crippen LogP contribution in [0.2, 0.25) is 0 Å². The molecule has 0 saturated carbocycles. The Morgan fingerprint density at radius 3 is 3.11 bits per heavy atom. The molecule has 2 aromatic heterocycles. The number of aromatic nitrogens is 4. The highest BCUT2D eigenvalue weighted by Gasteiger charge is 2.27. The summed E-state index contributed by atoms with van der Waals surface area (Å²) in [5.74, 6) is 1.10. The van der Waals surface area contributed by atoms with Gasteiger partial charge in [-0.15, -0.1) is 17.5 Å².